The second kappa shape index (κ2) is 7.27. The lowest BCUT2D eigenvalue weighted by molar-refractivity contribution is 0.0711. The normalized spacial score (nSPS) is 15.9. The van der Waals surface area contributed by atoms with Crippen LogP contribution in [0, 0.1) is 0 Å². The highest BCUT2D eigenvalue weighted by Crippen LogP contribution is 2.33. The monoisotopic (exact) mass is 361 g/mol. The van der Waals surface area contributed by atoms with Crippen molar-refractivity contribution in [1.29, 1.82) is 0 Å². The number of benzene rings is 2. The van der Waals surface area contributed by atoms with Crippen LogP contribution in [0.3, 0.4) is 0 Å². The summed E-state index contributed by atoms with van der Waals surface area (Å²) < 4.78 is 6.16. The molecule has 2 heterocycles. The summed E-state index contributed by atoms with van der Waals surface area (Å²) in [6.45, 7) is 4.34. The van der Waals surface area contributed by atoms with Crippen LogP contribution in [0.2, 0.25) is 0 Å². The van der Waals surface area contributed by atoms with E-state index in [1.165, 1.54) is 0 Å². The first kappa shape index (κ1) is 17.3. The van der Waals surface area contributed by atoms with Gasteiger partial charge in [-0.1, -0.05) is 24.3 Å². The zero-order valence-corrected chi connectivity index (χ0v) is 15.6. The van der Waals surface area contributed by atoms with Gasteiger partial charge < -0.3 is 14.5 Å². The fourth-order valence-electron chi connectivity index (χ4n) is 3.66. The van der Waals surface area contributed by atoms with Gasteiger partial charge in [0.15, 0.2) is 0 Å². The summed E-state index contributed by atoms with van der Waals surface area (Å²) in [6.07, 6.45) is 1.68. The van der Waals surface area contributed by atoms with Crippen molar-refractivity contribution >= 4 is 22.5 Å². The third-order valence-electron chi connectivity index (χ3n) is 5.01. The van der Waals surface area contributed by atoms with Crippen LogP contribution in [0.1, 0.15) is 17.3 Å². The first-order valence-corrected chi connectivity index (χ1v) is 9.27. The maximum Gasteiger partial charge on any atom is 0.254 e. The Morgan fingerprint density at radius 2 is 2.04 bits per heavy atom. The predicted octanol–water partition coefficient (Wildman–Crippen LogP) is 3.59. The second-order valence-electron chi connectivity index (χ2n) is 6.81. The van der Waals surface area contributed by atoms with E-state index in [-0.39, 0.29) is 12.0 Å². The van der Waals surface area contributed by atoms with E-state index >= 15 is 0 Å². The highest BCUT2D eigenvalue weighted by Gasteiger charge is 2.27. The summed E-state index contributed by atoms with van der Waals surface area (Å²) in [6, 6.07) is 17.5. The lowest BCUT2D eigenvalue weighted by Gasteiger charge is -2.37. The highest BCUT2D eigenvalue weighted by molar-refractivity contribution is 6.06. The summed E-state index contributed by atoms with van der Waals surface area (Å²) in [5.74, 6) is 0.866. The Bertz CT molecular complexity index is 967. The molecule has 5 heteroatoms. The number of aromatic nitrogens is 1. The molecule has 138 valence electrons. The van der Waals surface area contributed by atoms with Crippen LogP contribution >= 0.6 is 0 Å². The summed E-state index contributed by atoms with van der Waals surface area (Å²) in [7, 11) is 1.83. The number of ether oxygens (including phenoxy) is 1. The number of pyridine rings is 1. The van der Waals surface area contributed by atoms with Crippen molar-refractivity contribution in [3.63, 3.8) is 0 Å². The number of hydrogen-bond donors (Lipinski definition) is 0. The SMILES string of the molecule is CCN1CC(CN(C)C(=O)c2cccc3ncccc23)Oc2ccccc21. The number of nitrogens with zero attached hydrogens (tertiary/aromatic N) is 3. The Hall–Kier alpha value is -3.08. The number of fused-ring (bicyclic) bond motifs is 2. The fraction of sp³-hybridized carbons (Fsp3) is 0.273. The maximum absolute atomic E-state index is 13.1. The van der Waals surface area contributed by atoms with Gasteiger partial charge in [0.1, 0.15) is 11.9 Å². The van der Waals surface area contributed by atoms with E-state index in [0.717, 1.165) is 35.4 Å². The molecule has 1 aliphatic heterocycles. The molecule has 1 aliphatic rings. The fourth-order valence-corrected chi connectivity index (χ4v) is 3.66. The quantitative estimate of drug-likeness (QED) is 0.712. The van der Waals surface area contributed by atoms with Crippen LogP contribution in [0.5, 0.6) is 5.75 Å². The highest BCUT2D eigenvalue weighted by atomic mass is 16.5. The van der Waals surface area contributed by atoms with Crippen molar-refractivity contribution in [2.75, 3.05) is 31.6 Å². The van der Waals surface area contributed by atoms with Gasteiger partial charge >= 0.3 is 0 Å². The molecule has 1 unspecified atom stereocenters. The van der Waals surface area contributed by atoms with E-state index in [4.69, 9.17) is 4.74 Å². The van der Waals surface area contributed by atoms with E-state index in [2.05, 4.69) is 22.9 Å². The van der Waals surface area contributed by atoms with Gasteiger partial charge in [-0.2, -0.15) is 0 Å². The minimum Gasteiger partial charge on any atom is -0.485 e. The van der Waals surface area contributed by atoms with Crippen molar-refractivity contribution in [3.05, 3.63) is 66.4 Å². The maximum atomic E-state index is 13.1. The molecule has 1 aromatic heterocycles. The van der Waals surface area contributed by atoms with Crippen LogP contribution < -0.4 is 9.64 Å². The van der Waals surface area contributed by atoms with Crippen molar-refractivity contribution < 1.29 is 9.53 Å². The summed E-state index contributed by atoms with van der Waals surface area (Å²) in [5, 5.41) is 0.877. The van der Waals surface area contributed by atoms with Crippen molar-refractivity contribution in [3.8, 4) is 5.75 Å². The molecule has 4 rings (SSSR count). The Labute approximate surface area is 159 Å². The molecule has 0 saturated carbocycles. The summed E-state index contributed by atoms with van der Waals surface area (Å²) >= 11 is 0. The lowest BCUT2D eigenvalue weighted by Crippen LogP contribution is -2.46. The lowest BCUT2D eigenvalue weighted by atomic mass is 10.1. The van der Waals surface area contributed by atoms with Gasteiger partial charge in [0.2, 0.25) is 0 Å². The Kier molecular flexibility index (Phi) is 4.67. The number of carbonyl (C=O) groups excluding carboxylic acids is 1. The van der Waals surface area contributed by atoms with E-state index < -0.39 is 0 Å². The number of para-hydroxylation sites is 2. The van der Waals surface area contributed by atoms with Crippen molar-refractivity contribution in [2.24, 2.45) is 0 Å². The first-order valence-electron chi connectivity index (χ1n) is 9.27. The molecule has 0 saturated heterocycles. The minimum atomic E-state index is -0.0677. The van der Waals surface area contributed by atoms with E-state index in [9.17, 15) is 4.79 Å². The topological polar surface area (TPSA) is 45.7 Å². The largest absolute Gasteiger partial charge is 0.485 e. The standard InChI is InChI=1S/C22H23N3O2/c1-3-25-15-16(27-21-12-5-4-11-20(21)25)14-24(2)22(26)18-8-6-10-19-17(18)9-7-13-23-19/h4-13,16H,3,14-15H2,1-2H3. The Balaban J connectivity index is 1.54. The number of rotatable bonds is 4. The van der Waals surface area contributed by atoms with Crippen molar-refractivity contribution in [1.82, 2.24) is 9.88 Å². The molecule has 0 spiro atoms. The average Bonchev–Trinajstić information content (AvgIpc) is 2.72. The van der Waals surface area contributed by atoms with Crippen LogP contribution in [-0.4, -0.2) is 48.6 Å². The number of anilines is 1. The third kappa shape index (κ3) is 3.33. The summed E-state index contributed by atoms with van der Waals surface area (Å²) in [5.41, 5.74) is 2.62. The molecule has 2 aromatic carbocycles. The molecule has 0 radical (unpaired) electrons. The van der Waals surface area contributed by atoms with Gasteiger partial charge in [0.25, 0.3) is 5.91 Å². The van der Waals surface area contributed by atoms with Crippen LogP contribution in [0.25, 0.3) is 10.9 Å². The Morgan fingerprint density at radius 3 is 2.89 bits per heavy atom. The Morgan fingerprint density at radius 1 is 1.19 bits per heavy atom. The zero-order valence-electron chi connectivity index (χ0n) is 15.6. The van der Waals surface area contributed by atoms with Crippen LogP contribution in [0.4, 0.5) is 5.69 Å². The molecule has 1 amide bonds. The number of likely N-dealkylation sites (N-methyl/N-ethyl adjacent to an activating group) is 2. The van der Waals surface area contributed by atoms with Crippen LogP contribution in [0.15, 0.2) is 60.8 Å². The van der Waals surface area contributed by atoms with E-state index in [1.807, 2.05) is 55.6 Å². The van der Waals surface area contributed by atoms with Gasteiger partial charge in [0, 0.05) is 30.7 Å². The molecule has 0 aliphatic carbocycles. The van der Waals surface area contributed by atoms with Gasteiger partial charge in [-0.3, -0.25) is 9.78 Å². The van der Waals surface area contributed by atoms with Crippen molar-refractivity contribution in [2.45, 2.75) is 13.0 Å². The van der Waals surface area contributed by atoms with Gasteiger partial charge in [-0.25, -0.2) is 0 Å². The smallest absolute Gasteiger partial charge is 0.254 e. The molecule has 5 nitrogen and oxygen atoms in total. The molecular weight excluding hydrogens is 338 g/mol. The molecular formula is C22H23N3O2. The second-order valence-corrected chi connectivity index (χ2v) is 6.81. The molecule has 1 atom stereocenters. The van der Waals surface area contributed by atoms with E-state index in [0.29, 0.717) is 12.1 Å². The van der Waals surface area contributed by atoms with Gasteiger partial charge in [0.05, 0.1) is 24.3 Å². The summed E-state index contributed by atoms with van der Waals surface area (Å²) in [4.78, 5) is 21.4. The number of amides is 1. The predicted molar refractivity (Wildman–Crippen MR) is 107 cm³/mol. The van der Waals surface area contributed by atoms with E-state index in [1.54, 1.807) is 11.1 Å². The number of carbonyl (C=O) groups is 1. The first-order chi connectivity index (χ1) is 13.2. The molecule has 27 heavy (non-hydrogen) atoms. The van der Waals surface area contributed by atoms with Gasteiger partial charge in [-0.15, -0.1) is 0 Å². The molecule has 0 fully saturated rings. The molecule has 3 aromatic rings. The molecule has 0 bridgehead atoms. The number of hydrogen-bond acceptors (Lipinski definition) is 4. The van der Waals surface area contributed by atoms with Gasteiger partial charge in [-0.05, 0) is 37.3 Å². The zero-order chi connectivity index (χ0) is 18.8. The molecule has 0 N–H and O–H groups in total. The average molecular weight is 361 g/mol. The third-order valence-corrected chi connectivity index (χ3v) is 5.01. The minimum absolute atomic E-state index is 0.0147. The van der Waals surface area contributed by atoms with Crippen LogP contribution in [-0.2, 0) is 0 Å².